The Morgan fingerprint density at radius 1 is 1.22 bits per heavy atom. The number of para-hydroxylation sites is 1. The van der Waals surface area contributed by atoms with E-state index < -0.39 is 0 Å². The highest BCUT2D eigenvalue weighted by molar-refractivity contribution is 7.15. The molecule has 0 saturated carbocycles. The van der Waals surface area contributed by atoms with Crippen molar-refractivity contribution in [2.75, 3.05) is 17.2 Å². The number of rotatable bonds is 3. The van der Waals surface area contributed by atoms with Crippen molar-refractivity contribution in [3.8, 4) is 0 Å². The predicted octanol–water partition coefficient (Wildman–Crippen LogP) is 3.89. The van der Waals surface area contributed by atoms with Gasteiger partial charge in [-0.3, -0.25) is 10.1 Å². The second-order valence-corrected chi connectivity index (χ2v) is 7.36. The van der Waals surface area contributed by atoms with Crippen LogP contribution in [0.5, 0.6) is 0 Å². The minimum atomic E-state index is -0.260. The third kappa shape index (κ3) is 3.70. The summed E-state index contributed by atoms with van der Waals surface area (Å²) < 4.78 is 4.92. The van der Waals surface area contributed by atoms with E-state index in [4.69, 9.17) is 4.42 Å². The minimum absolute atomic E-state index is 0.132. The molecule has 1 aliphatic rings. The van der Waals surface area contributed by atoms with Crippen molar-refractivity contribution in [1.82, 2.24) is 9.88 Å². The average molecular weight is 382 g/mol. The molecule has 2 aromatic heterocycles. The fourth-order valence-electron chi connectivity index (χ4n) is 2.89. The van der Waals surface area contributed by atoms with Crippen LogP contribution in [0, 0.1) is 6.92 Å². The molecule has 1 aliphatic heterocycles. The highest BCUT2D eigenvalue weighted by atomic mass is 32.1. The van der Waals surface area contributed by atoms with Crippen LogP contribution in [0.1, 0.15) is 26.5 Å². The Labute approximate surface area is 160 Å². The first-order valence-electron chi connectivity index (χ1n) is 8.54. The van der Waals surface area contributed by atoms with Crippen LogP contribution in [-0.2, 0) is 13.0 Å². The summed E-state index contributed by atoms with van der Waals surface area (Å²) in [6, 6.07) is 9.15. The van der Waals surface area contributed by atoms with Crippen LogP contribution < -0.4 is 10.6 Å². The summed E-state index contributed by atoms with van der Waals surface area (Å²) in [5.74, 6) is -0.260. The first kappa shape index (κ1) is 17.3. The van der Waals surface area contributed by atoms with E-state index in [1.807, 2.05) is 31.2 Å². The summed E-state index contributed by atoms with van der Waals surface area (Å²) in [7, 11) is 0. The summed E-state index contributed by atoms with van der Waals surface area (Å²) in [6.45, 7) is 3.03. The number of amides is 3. The van der Waals surface area contributed by atoms with Crippen LogP contribution in [0.3, 0.4) is 0 Å². The van der Waals surface area contributed by atoms with Gasteiger partial charge in [0, 0.05) is 23.5 Å². The lowest BCUT2D eigenvalue weighted by molar-refractivity contribution is 0.102. The molecule has 0 bridgehead atoms. The minimum Gasteiger partial charge on any atom is -0.472 e. The summed E-state index contributed by atoms with van der Waals surface area (Å²) in [5.41, 5.74) is 3.21. The van der Waals surface area contributed by atoms with Gasteiger partial charge in [-0.05, 0) is 24.6 Å². The van der Waals surface area contributed by atoms with Gasteiger partial charge in [0.2, 0.25) is 0 Å². The number of hydrogen-bond donors (Lipinski definition) is 2. The van der Waals surface area contributed by atoms with Crippen molar-refractivity contribution in [3.05, 3.63) is 64.6 Å². The SMILES string of the molecule is Cc1ccccc1NC(=O)N1CCc2nc(NC(=O)c3ccoc3)sc2C1. The van der Waals surface area contributed by atoms with E-state index in [2.05, 4.69) is 15.6 Å². The standard InChI is InChI=1S/C19H18N4O3S/c1-12-4-2-3-5-14(12)21-19(25)23-8-6-15-16(10-23)27-18(20-15)22-17(24)13-7-9-26-11-13/h2-5,7,9,11H,6,8,10H2,1H3,(H,21,25)(H,20,22,24). The molecule has 138 valence electrons. The Morgan fingerprint density at radius 2 is 2.07 bits per heavy atom. The van der Waals surface area contributed by atoms with Gasteiger partial charge >= 0.3 is 6.03 Å². The Bertz CT molecular complexity index is 981. The number of urea groups is 1. The number of hydrogen-bond acceptors (Lipinski definition) is 5. The number of furan rings is 1. The van der Waals surface area contributed by atoms with Gasteiger partial charge in [-0.1, -0.05) is 29.5 Å². The number of fused-ring (bicyclic) bond motifs is 1. The molecule has 0 saturated heterocycles. The maximum Gasteiger partial charge on any atom is 0.322 e. The number of carbonyl (C=O) groups is 2. The van der Waals surface area contributed by atoms with Gasteiger partial charge in [-0.15, -0.1) is 0 Å². The van der Waals surface area contributed by atoms with Crippen LogP contribution in [0.15, 0.2) is 47.3 Å². The quantitative estimate of drug-likeness (QED) is 0.719. The van der Waals surface area contributed by atoms with Gasteiger partial charge in [-0.25, -0.2) is 9.78 Å². The summed E-state index contributed by atoms with van der Waals surface area (Å²) in [6.07, 6.45) is 3.50. The van der Waals surface area contributed by atoms with Crippen molar-refractivity contribution >= 4 is 34.1 Å². The number of nitrogens with one attached hydrogen (secondary N) is 2. The predicted molar refractivity (Wildman–Crippen MR) is 103 cm³/mol. The molecule has 8 heteroatoms. The Balaban J connectivity index is 1.42. The Kier molecular flexibility index (Phi) is 4.64. The van der Waals surface area contributed by atoms with Crippen LogP contribution >= 0.6 is 11.3 Å². The molecule has 0 aliphatic carbocycles. The van der Waals surface area contributed by atoms with Gasteiger partial charge in [0.25, 0.3) is 5.91 Å². The second kappa shape index (κ2) is 7.24. The summed E-state index contributed by atoms with van der Waals surface area (Å²) >= 11 is 1.40. The second-order valence-electron chi connectivity index (χ2n) is 6.27. The average Bonchev–Trinajstić information content (AvgIpc) is 3.32. The molecular weight excluding hydrogens is 364 g/mol. The number of nitrogens with zero attached hydrogens (tertiary/aromatic N) is 2. The largest absolute Gasteiger partial charge is 0.472 e. The van der Waals surface area contributed by atoms with Crippen LogP contribution in [0.2, 0.25) is 0 Å². The van der Waals surface area contributed by atoms with E-state index in [9.17, 15) is 9.59 Å². The number of carbonyl (C=O) groups excluding carboxylic acids is 2. The van der Waals surface area contributed by atoms with Crippen molar-refractivity contribution in [2.24, 2.45) is 0 Å². The molecule has 3 heterocycles. The number of aromatic nitrogens is 1. The Hall–Kier alpha value is -3.13. The lowest BCUT2D eigenvalue weighted by Crippen LogP contribution is -2.38. The zero-order valence-corrected chi connectivity index (χ0v) is 15.5. The van der Waals surface area contributed by atoms with E-state index in [1.165, 1.54) is 23.9 Å². The van der Waals surface area contributed by atoms with Crippen LogP contribution in [0.4, 0.5) is 15.6 Å². The third-order valence-corrected chi connectivity index (χ3v) is 5.41. The molecule has 3 aromatic rings. The van der Waals surface area contributed by atoms with Crippen molar-refractivity contribution < 1.29 is 14.0 Å². The molecule has 0 fully saturated rings. The molecule has 7 nitrogen and oxygen atoms in total. The molecular formula is C19H18N4O3S. The van der Waals surface area contributed by atoms with Gasteiger partial charge in [0.1, 0.15) is 6.26 Å². The van der Waals surface area contributed by atoms with E-state index in [-0.39, 0.29) is 11.9 Å². The normalized spacial score (nSPS) is 13.1. The van der Waals surface area contributed by atoms with E-state index in [0.29, 0.717) is 30.2 Å². The van der Waals surface area contributed by atoms with E-state index in [0.717, 1.165) is 21.8 Å². The van der Waals surface area contributed by atoms with Gasteiger partial charge in [-0.2, -0.15) is 0 Å². The maximum absolute atomic E-state index is 12.6. The van der Waals surface area contributed by atoms with Crippen LogP contribution in [-0.4, -0.2) is 28.4 Å². The highest BCUT2D eigenvalue weighted by Gasteiger charge is 2.25. The molecule has 0 atom stereocenters. The van der Waals surface area contributed by atoms with Crippen LogP contribution in [0.25, 0.3) is 0 Å². The lowest BCUT2D eigenvalue weighted by Gasteiger charge is -2.26. The third-order valence-electron chi connectivity index (χ3n) is 4.41. The summed E-state index contributed by atoms with van der Waals surface area (Å²) in [4.78, 5) is 31.9. The molecule has 0 radical (unpaired) electrons. The number of thiazole rings is 1. The highest BCUT2D eigenvalue weighted by Crippen LogP contribution is 2.29. The van der Waals surface area contributed by atoms with E-state index >= 15 is 0 Å². The first-order valence-corrected chi connectivity index (χ1v) is 9.35. The van der Waals surface area contributed by atoms with Crippen molar-refractivity contribution in [3.63, 3.8) is 0 Å². The maximum atomic E-state index is 12.6. The van der Waals surface area contributed by atoms with Crippen molar-refractivity contribution in [2.45, 2.75) is 19.9 Å². The number of anilines is 2. The van der Waals surface area contributed by atoms with Gasteiger partial charge in [0.05, 0.1) is 24.1 Å². The zero-order valence-electron chi connectivity index (χ0n) is 14.7. The monoisotopic (exact) mass is 382 g/mol. The first-order chi connectivity index (χ1) is 13.1. The lowest BCUT2D eigenvalue weighted by atomic mass is 10.2. The Morgan fingerprint density at radius 3 is 2.85 bits per heavy atom. The van der Waals surface area contributed by atoms with Gasteiger partial charge < -0.3 is 14.6 Å². The topological polar surface area (TPSA) is 87.5 Å². The number of aryl methyl sites for hydroxylation is 1. The molecule has 3 amide bonds. The fourth-order valence-corrected chi connectivity index (χ4v) is 3.91. The number of benzene rings is 1. The van der Waals surface area contributed by atoms with Crippen molar-refractivity contribution in [1.29, 1.82) is 0 Å². The molecule has 0 spiro atoms. The molecule has 2 N–H and O–H groups in total. The fraction of sp³-hybridized carbons (Fsp3) is 0.211. The molecule has 1 aromatic carbocycles. The molecule has 27 heavy (non-hydrogen) atoms. The summed E-state index contributed by atoms with van der Waals surface area (Å²) in [5, 5.41) is 6.28. The van der Waals surface area contributed by atoms with E-state index in [1.54, 1.807) is 11.0 Å². The zero-order chi connectivity index (χ0) is 18.8. The van der Waals surface area contributed by atoms with Gasteiger partial charge in [0.15, 0.2) is 5.13 Å². The smallest absolute Gasteiger partial charge is 0.322 e. The molecule has 4 rings (SSSR count). The molecule has 0 unspecified atom stereocenters.